The van der Waals surface area contributed by atoms with Crippen molar-refractivity contribution in [3.05, 3.63) is 72.7 Å². The van der Waals surface area contributed by atoms with Crippen molar-refractivity contribution in [2.45, 2.75) is 19.8 Å². The summed E-state index contributed by atoms with van der Waals surface area (Å²) in [4.78, 5) is 23.7. The summed E-state index contributed by atoms with van der Waals surface area (Å²) >= 11 is 0. The average molecular weight is 388 g/mol. The Balaban J connectivity index is 1.44. The van der Waals surface area contributed by atoms with Gasteiger partial charge in [-0.05, 0) is 43.0 Å². The molecule has 1 aromatic heterocycles. The Morgan fingerprint density at radius 1 is 1.00 bits per heavy atom. The molecule has 1 aliphatic rings. The van der Waals surface area contributed by atoms with Crippen LogP contribution < -0.4 is 15.0 Å². The van der Waals surface area contributed by atoms with Gasteiger partial charge in [0.1, 0.15) is 17.3 Å². The Hall–Kier alpha value is -3.41. The summed E-state index contributed by atoms with van der Waals surface area (Å²) in [5.41, 5.74) is 0.853. The van der Waals surface area contributed by atoms with Crippen molar-refractivity contribution >= 4 is 17.4 Å². The summed E-state index contributed by atoms with van der Waals surface area (Å²) in [6, 6.07) is 16.8. The lowest BCUT2D eigenvalue weighted by atomic mass is 9.99. The summed E-state index contributed by atoms with van der Waals surface area (Å²) in [5, 5.41) is 2.87. The highest BCUT2D eigenvalue weighted by Gasteiger charge is 2.18. The molecular formula is C23H24N4O2. The molecule has 0 atom stereocenters. The van der Waals surface area contributed by atoms with E-state index >= 15 is 0 Å². The van der Waals surface area contributed by atoms with E-state index in [-0.39, 0.29) is 11.6 Å². The van der Waals surface area contributed by atoms with E-state index in [1.165, 1.54) is 6.20 Å². The summed E-state index contributed by atoms with van der Waals surface area (Å²) in [6.45, 7) is 4.23. The van der Waals surface area contributed by atoms with Crippen LogP contribution in [0.5, 0.6) is 11.5 Å². The molecule has 2 heterocycles. The molecule has 1 aliphatic heterocycles. The van der Waals surface area contributed by atoms with Crippen LogP contribution >= 0.6 is 0 Å². The second-order valence-corrected chi connectivity index (χ2v) is 7.29. The minimum Gasteiger partial charge on any atom is -0.455 e. The maximum atomic E-state index is 12.7. The van der Waals surface area contributed by atoms with Crippen LogP contribution in [0, 0.1) is 5.92 Å². The van der Waals surface area contributed by atoms with E-state index in [9.17, 15) is 4.79 Å². The Labute approximate surface area is 170 Å². The van der Waals surface area contributed by atoms with Gasteiger partial charge in [0.05, 0.1) is 18.1 Å². The van der Waals surface area contributed by atoms with Gasteiger partial charge >= 0.3 is 0 Å². The molecule has 2 aromatic carbocycles. The van der Waals surface area contributed by atoms with Crippen LogP contribution in [0.2, 0.25) is 0 Å². The molecule has 4 rings (SSSR count). The molecular weight excluding hydrogens is 364 g/mol. The van der Waals surface area contributed by atoms with Gasteiger partial charge in [-0.3, -0.25) is 4.79 Å². The summed E-state index contributed by atoms with van der Waals surface area (Å²) in [5.74, 6) is 2.53. The van der Waals surface area contributed by atoms with E-state index in [0.29, 0.717) is 17.2 Å². The molecule has 148 valence electrons. The van der Waals surface area contributed by atoms with E-state index in [0.717, 1.165) is 37.7 Å². The molecule has 1 amide bonds. The van der Waals surface area contributed by atoms with Crippen LogP contribution in [0.25, 0.3) is 0 Å². The second kappa shape index (κ2) is 8.73. The predicted molar refractivity (Wildman–Crippen MR) is 114 cm³/mol. The minimum atomic E-state index is -0.319. The van der Waals surface area contributed by atoms with E-state index in [2.05, 4.69) is 27.1 Å². The number of carbonyl (C=O) groups excluding carboxylic acids is 1. The first-order valence-corrected chi connectivity index (χ1v) is 9.89. The highest BCUT2D eigenvalue weighted by molar-refractivity contribution is 6.03. The first kappa shape index (κ1) is 18.9. The summed E-state index contributed by atoms with van der Waals surface area (Å²) in [6.07, 6.45) is 5.52. The standard InChI is InChI=1S/C23H24N4O2/c1-17-11-13-27(14-12-17)22-16-24-20(15-25-22)23(28)26-19-9-5-6-10-21(19)29-18-7-3-2-4-8-18/h2-10,15-17H,11-14H2,1H3,(H,26,28). The lowest BCUT2D eigenvalue weighted by molar-refractivity contribution is 0.102. The lowest BCUT2D eigenvalue weighted by Crippen LogP contribution is -2.33. The number of benzene rings is 2. The Bertz CT molecular complexity index is 952. The third-order valence-electron chi connectivity index (χ3n) is 5.08. The van der Waals surface area contributed by atoms with Gasteiger partial charge in [-0.2, -0.15) is 0 Å². The molecule has 29 heavy (non-hydrogen) atoms. The van der Waals surface area contributed by atoms with Gasteiger partial charge < -0.3 is 15.0 Å². The topological polar surface area (TPSA) is 67.4 Å². The van der Waals surface area contributed by atoms with Gasteiger partial charge in [0.25, 0.3) is 5.91 Å². The van der Waals surface area contributed by atoms with Crippen LogP contribution in [-0.2, 0) is 0 Å². The number of nitrogens with zero attached hydrogens (tertiary/aromatic N) is 3. The zero-order chi connectivity index (χ0) is 20.1. The van der Waals surface area contributed by atoms with Gasteiger partial charge in [-0.1, -0.05) is 37.3 Å². The Morgan fingerprint density at radius 3 is 2.45 bits per heavy atom. The highest BCUT2D eigenvalue weighted by Crippen LogP contribution is 2.29. The highest BCUT2D eigenvalue weighted by atomic mass is 16.5. The fraction of sp³-hybridized carbons (Fsp3) is 0.261. The second-order valence-electron chi connectivity index (χ2n) is 7.29. The Morgan fingerprint density at radius 2 is 1.72 bits per heavy atom. The summed E-state index contributed by atoms with van der Waals surface area (Å²) < 4.78 is 5.90. The van der Waals surface area contributed by atoms with Crippen molar-refractivity contribution in [2.24, 2.45) is 5.92 Å². The van der Waals surface area contributed by atoms with Crippen molar-refractivity contribution in [3.8, 4) is 11.5 Å². The number of para-hydroxylation sites is 3. The number of ether oxygens (including phenoxy) is 1. The molecule has 0 radical (unpaired) electrons. The molecule has 3 aromatic rings. The normalized spacial score (nSPS) is 14.4. The number of carbonyl (C=O) groups is 1. The van der Waals surface area contributed by atoms with E-state index in [1.807, 2.05) is 48.5 Å². The molecule has 0 aliphatic carbocycles. The fourth-order valence-corrected chi connectivity index (χ4v) is 3.30. The molecule has 1 saturated heterocycles. The third kappa shape index (κ3) is 4.71. The summed E-state index contributed by atoms with van der Waals surface area (Å²) in [7, 11) is 0. The van der Waals surface area contributed by atoms with Crippen LogP contribution in [-0.4, -0.2) is 29.0 Å². The quantitative estimate of drug-likeness (QED) is 0.683. The molecule has 0 saturated carbocycles. The number of rotatable bonds is 5. The lowest BCUT2D eigenvalue weighted by Gasteiger charge is -2.30. The first-order valence-electron chi connectivity index (χ1n) is 9.89. The number of nitrogens with one attached hydrogen (secondary N) is 1. The monoisotopic (exact) mass is 388 g/mol. The zero-order valence-corrected chi connectivity index (χ0v) is 16.4. The maximum Gasteiger partial charge on any atom is 0.275 e. The fourth-order valence-electron chi connectivity index (χ4n) is 3.30. The Kier molecular flexibility index (Phi) is 5.70. The molecule has 1 N–H and O–H groups in total. The zero-order valence-electron chi connectivity index (χ0n) is 16.4. The van der Waals surface area contributed by atoms with Crippen molar-refractivity contribution in [1.29, 1.82) is 0 Å². The third-order valence-corrected chi connectivity index (χ3v) is 5.08. The number of anilines is 2. The maximum absolute atomic E-state index is 12.7. The van der Waals surface area contributed by atoms with E-state index in [4.69, 9.17) is 4.74 Å². The number of piperidine rings is 1. The number of hydrogen-bond donors (Lipinski definition) is 1. The van der Waals surface area contributed by atoms with Crippen molar-refractivity contribution < 1.29 is 9.53 Å². The van der Waals surface area contributed by atoms with E-state index in [1.54, 1.807) is 12.3 Å². The number of aromatic nitrogens is 2. The van der Waals surface area contributed by atoms with Crippen LogP contribution in [0.4, 0.5) is 11.5 Å². The predicted octanol–water partition coefficient (Wildman–Crippen LogP) is 4.76. The van der Waals surface area contributed by atoms with Gasteiger partial charge in [0, 0.05) is 13.1 Å². The average Bonchev–Trinajstić information content (AvgIpc) is 2.76. The van der Waals surface area contributed by atoms with Gasteiger partial charge in [-0.25, -0.2) is 9.97 Å². The molecule has 0 unspecified atom stereocenters. The largest absolute Gasteiger partial charge is 0.455 e. The minimum absolute atomic E-state index is 0.272. The SMILES string of the molecule is CC1CCN(c2cnc(C(=O)Nc3ccccc3Oc3ccccc3)cn2)CC1. The van der Waals surface area contributed by atoms with Crippen LogP contribution in [0.1, 0.15) is 30.3 Å². The molecule has 6 heteroatoms. The van der Waals surface area contributed by atoms with Crippen LogP contribution in [0.3, 0.4) is 0 Å². The molecule has 6 nitrogen and oxygen atoms in total. The molecule has 0 bridgehead atoms. The van der Waals surface area contributed by atoms with Crippen LogP contribution in [0.15, 0.2) is 67.0 Å². The number of amides is 1. The van der Waals surface area contributed by atoms with E-state index < -0.39 is 0 Å². The number of hydrogen-bond acceptors (Lipinski definition) is 5. The van der Waals surface area contributed by atoms with Crippen molar-refractivity contribution in [1.82, 2.24) is 9.97 Å². The van der Waals surface area contributed by atoms with Gasteiger partial charge in [-0.15, -0.1) is 0 Å². The molecule has 1 fully saturated rings. The van der Waals surface area contributed by atoms with Gasteiger partial charge in [0.2, 0.25) is 0 Å². The first-order chi connectivity index (χ1) is 14.2. The molecule has 0 spiro atoms. The van der Waals surface area contributed by atoms with Crippen molar-refractivity contribution in [3.63, 3.8) is 0 Å². The van der Waals surface area contributed by atoms with Gasteiger partial charge in [0.15, 0.2) is 5.75 Å². The van der Waals surface area contributed by atoms with Crippen molar-refractivity contribution in [2.75, 3.05) is 23.3 Å². The smallest absolute Gasteiger partial charge is 0.275 e.